The van der Waals surface area contributed by atoms with Crippen LogP contribution in [0.3, 0.4) is 0 Å². The summed E-state index contributed by atoms with van der Waals surface area (Å²) in [7, 11) is 0. The molecular formula is C9H7BrN2O. The fourth-order valence-electron chi connectivity index (χ4n) is 1.31. The van der Waals surface area contributed by atoms with Crippen LogP contribution in [0.2, 0.25) is 0 Å². The Morgan fingerprint density at radius 2 is 2.38 bits per heavy atom. The van der Waals surface area contributed by atoms with Crippen molar-refractivity contribution in [1.29, 1.82) is 0 Å². The van der Waals surface area contributed by atoms with Gasteiger partial charge in [-0.3, -0.25) is 4.68 Å². The van der Waals surface area contributed by atoms with Gasteiger partial charge in [0.05, 0.1) is 18.3 Å². The number of hydrogen-bond donors (Lipinski definition) is 0. The van der Waals surface area contributed by atoms with Gasteiger partial charge in [-0.2, -0.15) is 5.10 Å². The van der Waals surface area contributed by atoms with E-state index in [9.17, 15) is 4.79 Å². The van der Waals surface area contributed by atoms with Crippen LogP contribution < -0.4 is 0 Å². The number of carbonyl (C=O) groups is 1. The molecule has 0 radical (unpaired) electrons. The van der Waals surface area contributed by atoms with Crippen molar-refractivity contribution in [2.45, 2.75) is 6.54 Å². The van der Waals surface area contributed by atoms with Gasteiger partial charge >= 0.3 is 0 Å². The summed E-state index contributed by atoms with van der Waals surface area (Å²) in [4.78, 5) is 10.4. The Kier molecular flexibility index (Phi) is 2.14. The Balaban J connectivity index is 2.70. The number of para-hydroxylation sites is 1. The number of aromatic nitrogens is 2. The van der Waals surface area contributed by atoms with E-state index in [4.69, 9.17) is 0 Å². The van der Waals surface area contributed by atoms with E-state index in [1.807, 2.05) is 18.2 Å². The molecule has 4 heteroatoms. The molecule has 0 saturated carbocycles. The van der Waals surface area contributed by atoms with Crippen molar-refractivity contribution in [3.63, 3.8) is 0 Å². The van der Waals surface area contributed by atoms with Crippen LogP contribution in [0.1, 0.15) is 0 Å². The zero-order valence-electron chi connectivity index (χ0n) is 6.77. The summed E-state index contributed by atoms with van der Waals surface area (Å²) in [6, 6.07) is 5.85. The van der Waals surface area contributed by atoms with E-state index < -0.39 is 0 Å². The second kappa shape index (κ2) is 3.30. The lowest BCUT2D eigenvalue weighted by atomic mass is 10.2. The molecule has 0 aliphatic rings. The Labute approximate surface area is 83.5 Å². The van der Waals surface area contributed by atoms with Crippen molar-refractivity contribution in [2.75, 3.05) is 0 Å². The quantitative estimate of drug-likeness (QED) is 0.751. The summed E-state index contributed by atoms with van der Waals surface area (Å²) in [6.45, 7) is 0.298. The van der Waals surface area contributed by atoms with Crippen molar-refractivity contribution in [3.05, 3.63) is 28.9 Å². The molecule has 1 aromatic carbocycles. The highest BCUT2D eigenvalue weighted by Gasteiger charge is 2.04. The highest BCUT2D eigenvalue weighted by Crippen LogP contribution is 2.22. The SMILES string of the molecule is O=CCn1ncc2cccc(Br)c21. The number of halogens is 1. The van der Waals surface area contributed by atoms with Crippen molar-refractivity contribution < 1.29 is 4.79 Å². The van der Waals surface area contributed by atoms with E-state index in [-0.39, 0.29) is 0 Å². The van der Waals surface area contributed by atoms with E-state index in [2.05, 4.69) is 21.0 Å². The average Bonchev–Trinajstić information content (AvgIpc) is 2.51. The number of aldehydes is 1. The molecule has 0 unspecified atom stereocenters. The first-order valence-corrected chi connectivity index (χ1v) is 4.66. The van der Waals surface area contributed by atoms with Crippen molar-refractivity contribution in [2.24, 2.45) is 0 Å². The number of nitrogens with zero attached hydrogens (tertiary/aromatic N) is 2. The number of rotatable bonds is 2. The van der Waals surface area contributed by atoms with Crippen LogP contribution in [0.5, 0.6) is 0 Å². The maximum Gasteiger partial charge on any atom is 0.141 e. The molecule has 66 valence electrons. The minimum absolute atomic E-state index is 0.298. The molecule has 0 fully saturated rings. The van der Waals surface area contributed by atoms with Gasteiger partial charge in [-0.05, 0) is 22.0 Å². The predicted octanol–water partition coefficient (Wildman–Crippen LogP) is 2.00. The average molecular weight is 239 g/mol. The van der Waals surface area contributed by atoms with Gasteiger partial charge in [0.1, 0.15) is 6.29 Å². The van der Waals surface area contributed by atoms with Crippen LogP contribution in [0, 0.1) is 0 Å². The lowest BCUT2D eigenvalue weighted by molar-refractivity contribution is -0.108. The highest BCUT2D eigenvalue weighted by molar-refractivity contribution is 9.10. The van der Waals surface area contributed by atoms with Crippen LogP contribution in [-0.2, 0) is 11.3 Å². The molecule has 0 spiro atoms. The summed E-state index contributed by atoms with van der Waals surface area (Å²) < 4.78 is 2.64. The maximum absolute atomic E-state index is 10.4. The molecule has 13 heavy (non-hydrogen) atoms. The molecule has 0 saturated heterocycles. The monoisotopic (exact) mass is 238 g/mol. The molecule has 0 atom stereocenters. The second-order valence-electron chi connectivity index (χ2n) is 2.67. The Bertz CT molecular complexity index is 450. The Morgan fingerprint density at radius 1 is 1.54 bits per heavy atom. The number of hydrogen-bond acceptors (Lipinski definition) is 2. The normalized spacial score (nSPS) is 10.5. The van der Waals surface area contributed by atoms with Gasteiger partial charge in [-0.25, -0.2) is 0 Å². The second-order valence-corrected chi connectivity index (χ2v) is 3.53. The van der Waals surface area contributed by atoms with Crippen molar-refractivity contribution in [3.8, 4) is 0 Å². The fourth-order valence-corrected chi connectivity index (χ4v) is 1.89. The third kappa shape index (κ3) is 1.37. The first kappa shape index (κ1) is 8.44. The predicted molar refractivity (Wildman–Crippen MR) is 53.5 cm³/mol. The topological polar surface area (TPSA) is 34.9 Å². The summed E-state index contributed by atoms with van der Waals surface area (Å²) in [5.41, 5.74) is 0.967. The summed E-state index contributed by atoms with van der Waals surface area (Å²) >= 11 is 3.42. The van der Waals surface area contributed by atoms with Gasteiger partial charge in [-0.15, -0.1) is 0 Å². The third-order valence-corrected chi connectivity index (χ3v) is 2.50. The zero-order valence-corrected chi connectivity index (χ0v) is 8.36. The fraction of sp³-hybridized carbons (Fsp3) is 0.111. The minimum atomic E-state index is 0.298. The number of carbonyl (C=O) groups excluding carboxylic acids is 1. The minimum Gasteiger partial charge on any atom is -0.301 e. The molecule has 0 aliphatic carbocycles. The van der Waals surface area contributed by atoms with Gasteiger partial charge in [0.25, 0.3) is 0 Å². The molecule has 1 heterocycles. The smallest absolute Gasteiger partial charge is 0.141 e. The van der Waals surface area contributed by atoms with Gasteiger partial charge in [0.2, 0.25) is 0 Å². The van der Waals surface area contributed by atoms with Gasteiger partial charge in [0, 0.05) is 9.86 Å². The van der Waals surface area contributed by atoms with E-state index in [0.29, 0.717) is 6.54 Å². The van der Waals surface area contributed by atoms with E-state index in [1.54, 1.807) is 10.9 Å². The van der Waals surface area contributed by atoms with Crippen LogP contribution in [0.15, 0.2) is 28.9 Å². The molecule has 0 aliphatic heterocycles. The summed E-state index contributed by atoms with van der Waals surface area (Å²) in [5.74, 6) is 0. The van der Waals surface area contributed by atoms with Gasteiger partial charge in [-0.1, -0.05) is 12.1 Å². The lowest BCUT2D eigenvalue weighted by Crippen LogP contribution is -2.00. The van der Waals surface area contributed by atoms with Crippen LogP contribution in [0.25, 0.3) is 10.9 Å². The van der Waals surface area contributed by atoms with Crippen LogP contribution in [-0.4, -0.2) is 16.1 Å². The van der Waals surface area contributed by atoms with E-state index in [0.717, 1.165) is 21.7 Å². The molecular weight excluding hydrogens is 232 g/mol. The van der Waals surface area contributed by atoms with E-state index in [1.165, 1.54) is 0 Å². The third-order valence-electron chi connectivity index (χ3n) is 1.86. The first-order chi connectivity index (χ1) is 6.33. The standard InChI is InChI=1S/C9H7BrN2O/c10-8-3-1-2-7-6-11-12(4-5-13)9(7)8/h1-3,5-6H,4H2. The largest absolute Gasteiger partial charge is 0.301 e. The van der Waals surface area contributed by atoms with Crippen LogP contribution >= 0.6 is 15.9 Å². The number of fused-ring (bicyclic) bond motifs is 1. The first-order valence-electron chi connectivity index (χ1n) is 3.86. The Hall–Kier alpha value is -1.16. The summed E-state index contributed by atoms with van der Waals surface area (Å²) in [5, 5.41) is 5.14. The molecule has 3 nitrogen and oxygen atoms in total. The van der Waals surface area contributed by atoms with Gasteiger partial charge < -0.3 is 4.79 Å². The maximum atomic E-state index is 10.4. The zero-order chi connectivity index (χ0) is 9.26. The molecule has 2 rings (SSSR count). The number of benzene rings is 1. The Morgan fingerprint density at radius 3 is 3.15 bits per heavy atom. The summed E-state index contributed by atoms with van der Waals surface area (Å²) in [6.07, 6.45) is 2.59. The molecule has 1 aromatic heterocycles. The molecule has 0 N–H and O–H groups in total. The van der Waals surface area contributed by atoms with Gasteiger partial charge in [0.15, 0.2) is 0 Å². The molecule has 0 bridgehead atoms. The lowest BCUT2D eigenvalue weighted by Gasteiger charge is -1.98. The molecule has 0 amide bonds. The van der Waals surface area contributed by atoms with Crippen molar-refractivity contribution >= 4 is 33.1 Å². The highest BCUT2D eigenvalue weighted by atomic mass is 79.9. The molecule has 2 aromatic rings. The van der Waals surface area contributed by atoms with Crippen molar-refractivity contribution in [1.82, 2.24) is 9.78 Å². The van der Waals surface area contributed by atoms with E-state index >= 15 is 0 Å². The van der Waals surface area contributed by atoms with Crippen LogP contribution in [0.4, 0.5) is 0 Å².